The van der Waals surface area contributed by atoms with Crippen molar-refractivity contribution < 1.29 is 9.53 Å². The van der Waals surface area contributed by atoms with Crippen LogP contribution in [0.5, 0.6) is 0 Å². The van der Waals surface area contributed by atoms with Crippen LogP contribution in [0.2, 0.25) is 0 Å². The number of carbonyl (C=O) groups is 1. The molecule has 0 aliphatic heterocycles. The fraction of sp³-hybridized carbons (Fsp3) is 0.333. The van der Waals surface area contributed by atoms with Crippen LogP contribution in [0.1, 0.15) is 17.5 Å². The van der Waals surface area contributed by atoms with Crippen molar-refractivity contribution in [2.75, 3.05) is 13.7 Å². The Labute approximate surface area is 106 Å². The van der Waals surface area contributed by atoms with Crippen molar-refractivity contribution in [3.05, 3.63) is 35.4 Å². The SMILES string of the molecule is COCCC(=O)NCc1cccc(C(N)=S)c1. The highest BCUT2D eigenvalue weighted by Crippen LogP contribution is 2.05. The van der Waals surface area contributed by atoms with Gasteiger partial charge < -0.3 is 15.8 Å². The molecule has 0 fully saturated rings. The Balaban J connectivity index is 2.49. The maximum absolute atomic E-state index is 11.4. The average molecular weight is 252 g/mol. The van der Waals surface area contributed by atoms with Crippen molar-refractivity contribution in [1.82, 2.24) is 5.32 Å². The maximum Gasteiger partial charge on any atom is 0.222 e. The van der Waals surface area contributed by atoms with Gasteiger partial charge in [0.1, 0.15) is 4.99 Å². The smallest absolute Gasteiger partial charge is 0.222 e. The second-order valence-corrected chi connectivity index (χ2v) is 4.02. The van der Waals surface area contributed by atoms with E-state index >= 15 is 0 Å². The van der Waals surface area contributed by atoms with Crippen LogP contribution in [0.3, 0.4) is 0 Å². The maximum atomic E-state index is 11.4. The molecule has 0 saturated carbocycles. The first-order chi connectivity index (χ1) is 8.13. The number of amides is 1. The summed E-state index contributed by atoms with van der Waals surface area (Å²) in [6.07, 6.45) is 0.367. The van der Waals surface area contributed by atoms with E-state index in [4.69, 9.17) is 22.7 Å². The van der Waals surface area contributed by atoms with E-state index in [0.717, 1.165) is 11.1 Å². The highest BCUT2D eigenvalue weighted by molar-refractivity contribution is 7.80. The van der Waals surface area contributed by atoms with E-state index in [1.165, 1.54) is 0 Å². The highest BCUT2D eigenvalue weighted by Gasteiger charge is 2.02. The van der Waals surface area contributed by atoms with E-state index in [1.807, 2.05) is 24.3 Å². The normalized spacial score (nSPS) is 9.94. The number of nitrogens with two attached hydrogens (primary N) is 1. The Hall–Kier alpha value is -1.46. The van der Waals surface area contributed by atoms with Gasteiger partial charge in [-0.25, -0.2) is 0 Å². The van der Waals surface area contributed by atoms with Gasteiger partial charge in [-0.3, -0.25) is 4.79 Å². The van der Waals surface area contributed by atoms with Crippen molar-refractivity contribution >= 4 is 23.1 Å². The summed E-state index contributed by atoms with van der Waals surface area (Å²) in [4.78, 5) is 11.7. The minimum absolute atomic E-state index is 0.0346. The molecule has 1 rings (SSSR count). The van der Waals surface area contributed by atoms with Gasteiger partial charge in [0.15, 0.2) is 0 Å². The fourth-order valence-electron chi connectivity index (χ4n) is 1.32. The predicted molar refractivity (Wildman–Crippen MR) is 70.7 cm³/mol. The summed E-state index contributed by atoms with van der Waals surface area (Å²) in [5, 5.41) is 2.80. The Morgan fingerprint density at radius 1 is 1.53 bits per heavy atom. The summed E-state index contributed by atoms with van der Waals surface area (Å²) in [7, 11) is 1.57. The lowest BCUT2D eigenvalue weighted by atomic mass is 10.1. The number of nitrogens with one attached hydrogen (secondary N) is 1. The Morgan fingerprint density at radius 2 is 2.29 bits per heavy atom. The quantitative estimate of drug-likeness (QED) is 0.741. The van der Waals surface area contributed by atoms with Crippen molar-refractivity contribution in [2.45, 2.75) is 13.0 Å². The molecule has 0 aliphatic rings. The number of hydrogen-bond donors (Lipinski definition) is 2. The fourth-order valence-corrected chi connectivity index (χ4v) is 1.45. The Kier molecular flexibility index (Phi) is 5.59. The lowest BCUT2D eigenvalue weighted by molar-refractivity contribution is -0.122. The topological polar surface area (TPSA) is 64.3 Å². The molecule has 0 radical (unpaired) electrons. The number of methoxy groups -OCH3 is 1. The summed E-state index contributed by atoms with van der Waals surface area (Å²) in [6, 6.07) is 7.50. The monoisotopic (exact) mass is 252 g/mol. The van der Waals surface area contributed by atoms with Crippen LogP contribution in [-0.4, -0.2) is 24.6 Å². The van der Waals surface area contributed by atoms with Gasteiger partial charge in [0.05, 0.1) is 6.61 Å². The zero-order valence-corrected chi connectivity index (χ0v) is 10.5. The molecule has 3 N–H and O–H groups in total. The largest absolute Gasteiger partial charge is 0.389 e. The molecule has 5 heteroatoms. The standard InChI is InChI=1S/C12H16N2O2S/c1-16-6-5-11(15)14-8-9-3-2-4-10(7-9)12(13)17/h2-4,7H,5-6,8H2,1H3,(H2,13,17)(H,14,15). The molecule has 17 heavy (non-hydrogen) atoms. The molecule has 1 amide bonds. The van der Waals surface area contributed by atoms with Gasteiger partial charge in [-0.15, -0.1) is 0 Å². The van der Waals surface area contributed by atoms with E-state index in [1.54, 1.807) is 7.11 Å². The molecular weight excluding hydrogens is 236 g/mol. The van der Waals surface area contributed by atoms with E-state index in [2.05, 4.69) is 5.32 Å². The first-order valence-corrected chi connectivity index (χ1v) is 5.68. The Morgan fingerprint density at radius 3 is 2.94 bits per heavy atom. The van der Waals surface area contributed by atoms with Crippen LogP contribution < -0.4 is 11.1 Å². The molecular formula is C12H16N2O2S. The molecule has 0 spiro atoms. The van der Waals surface area contributed by atoms with Gasteiger partial charge in [-0.2, -0.15) is 0 Å². The molecule has 0 saturated heterocycles. The van der Waals surface area contributed by atoms with Gasteiger partial charge in [-0.1, -0.05) is 30.4 Å². The summed E-state index contributed by atoms with van der Waals surface area (Å²) >= 11 is 4.89. The first-order valence-electron chi connectivity index (χ1n) is 5.28. The van der Waals surface area contributed by atoms with E-state index in [9.17, 15) is 4.79 Å². The molecule has 0 aliphatic carbocycles. The van der Waals surface area contributed by atoms with Crippen molar-refractivity contribution in [3.63, 3.8) is 0 Å². The summed E-state index contributed by atoms with van der Waals surface area (Å²) in [6.45, 7) is 0.901. The van der Waals surface area contributed by atoms with Gasteiger partial charge >= 0.3 is 0 Å². The van der Waals surface area contributed by atoms with Crippen LogP contribution in [0.25, 0.3) is 0 Å². The van der Waals surface area contributed by atoms with Crippen molar-refractivity contribution in [3.8, 4) is 0 Å². The van der Waals surface area contributed by atoms with Gasteiger partial charge in [0.25, 0.3) is 0 Å². The number of hydrogen-bond acceptors (Lipinski definition) is 3. The second kappa shape index (κ2) is 6.98. The van der Waals surface area contributed by atoms with Crippen molar-refractivity contribution in [2.24, 2.45) is 5.73 Å². The second-order valence-electron chi connectivity index (χ2n) is 3.58. The minimum atomic E-state index is -0.0346. The number of thiocarbonyl (C=S) groups is 1. The molecule has 0 heterocycles. The van der Waals surface area contributed by atoms with Crippen LogP contribution in [0, 0.1) is 0 Å². The van der Waals surface area contributed by atoms with E-state index in [0.29, 0.717) is 24.6 Å². The summed E-state index contributed by atoms with van der Waals surface area (Å²) < 4.78 is 4.82. The Bertz CT molecular complexity index is 407. The van der Waals surface area contributed by atoms with E-state index in [-0.39, 0.29) is 5.91 Å². The third kappa shape index (κ3) is 4.93. The molecule has 4 nitrogen and oxygen atoms in total. The van der Waals surface area contributed by atoms with E-state index < -0.39 is 0 Å². The zero-order chi connectivity index (χ0) is 12.7. The third-order valence-electron chi connectivity index (χ3n) is 2.23. The molecule has 0 aromatic heterocycles. The van der Waals surface area contributed by atoms with Gasteiger partial charge in [0.2, 0.25) is 5.91 Å². The van der Waals surface area contributed by atoms with Crippen LogP contribution in [0.15, 0.2) is 24.3 Å². The third-order valence-corrected chi connectivity index (χ3v) is 2.47. The lowest BCUT2D eigenvalue weighted by Gasteiger charge is -2.06. The van der Waals surface area contributed by atoms with Crippen LogP contribution in [0.4, 0.5) is 0 Å². The predicted octanol–water partition coefficient (Wildman–Crippen LogP) is 0.974. The number of rotatable bonds is 6. The highest BCUT2D eigenvalue weighted by atomic mass is 32.1. The molecule has 0 unspecified atom stereocenters. The molecule has 92 valence electrons. The van der Waals surface area contributed by atoms with Crippen LogP contribution >= 0.6 is 12.2 Å². The zero-order valence-electron chi connectivity index (χ0n) is 9.73. The van der Waals surface area contributed by atoms with Gasteiger partial charge in [0, 0.05) is 25.6 Å². The average Bonchev–Trinajstić information content (AvgIpc) is 2.34. The number of benzene rings is 1. The molecule has 1 aromatic carbocycles. The molecule has 1 aromatic rings. The molecule has 0 atom stereocenters. The van der Waals surface area contributed by atoms with Crippen molar-refractivity contribution in [1.29, 1.82) is 0 Å². The van der Waals surface area contributed by atoms with Gasteiger partial charge in [-0.05, 0) is 11.6 Å². The summed E-state index contributed by atoms with van der Waals surface area (Å²) in [5.74, 6) is -0.0346. The molecule has 0 bridgehead atoms. The lowest BCUT2D eigenvalue weighted by Crippen LogP contribution is -2.23. The minimum Gasteiger partial charge on any atom is -0.389 e. The number of carbonyl (C=O) groups excluding carboxylic acids is 1. The summed E-state index contributed by atoms with van der Waals surface area (Å²) in [5.41, 5.74) is 7.31. The first kappa shape index (κ1) is 13.6. The van der Waals surface area contributed by atoms with Crippen LogP contribution in [-0.2, 0) is 16.1 Å². The number of ether oxygens (including phenoxy) is 1.